The van der Waals surface area contributed by atoms with Gasteiger partial charge in [0.1, 0.15) is 12.2 Å². The number of carbonyl (C=O) groups is 2. The Morgan fingerprint density at radius 3 is 2.37 bits per heavy atom. The second-order valence-corrected chi connectivity index (χ2v) is 7.30. The van der Waals surface area contributed by atoms with Crippen molar-refractivity contribution in [2.24, 2.45) is 0 Å². The van der Waals surface area contributed by atoms with Crippen molar-refractivity contribution in [2.75, 3.05) is 7.11 Å². The number of hydrogen-bond acceptors (Lipinski definition) is 7. The average Bonchev–Trinajstić information content (AvgIpc) is 2.69. The number of carbonyl (C=O) groups excluding carboxylic acids is 2. The lowest BCUT2D eigenvalue weighted by Gasteiger charge is -2.17. The highest BCUT2D eigenvalue weighted by atomic mass is 79.9. The van der Waals surface area contributed by atoms with Crippen LogP contribution in [0.5, 0.6) is 11.5 Å². The summed E-state index contributed by atoms with van der Waals surface area (Å²) in [6, 6.07) is 9.26. The maximum atomic E-state index is 12.0. The number of non-ortho nitro benzene ring substituents is 1. The molecule has 0 unspecified atom stereocenters. The molecule has 0 bridgehead atoms. The third-order valence-corrected chi connectivity index (χ3v) is 4.83. The van der Waals surface area contributed by atoms with Crippen LogP contribution in [-0.2, 0) is 16.2 Å². The molecule has 2 amide bonds. The second-order valence-electron chi connectivity index (χ2n) is 6.04. The number of nitrogens with one attached hydrogen (secondary N) is 2. The van der Waals surface area contributed by atoms with Crippen LogP contribution in [0, 0.1) is 10.1 Å². The van der Waals surface area contributed by atoms with E-state index in [9.17, 15) is 19.7 Å². The molecule has 0 aromatic heterocycles. The lowest BCUT2D eigenvalue weighted by molar-refractivity contribution is -0.384. The zero-order chi connectivity index (χ0) is 21.8. The summed E-state index contributed by atoms with van der Waals surface area (Å²) in [5.41, 5.74) is 1.14. The Morgan fingerprint density at radius 2 is 1.80 bits per heavy atom. The first-order valence-corrected chi connectivity index (χ1v) is 9.60. The van der Waals surface area contributed by atoms with Crippen LogP contribution in [0.1, 0.15) is 11.1 Å². The minimum absolute atomic E-state index is 0.00792. The van der Waals surface area contributed by atoms with E-state index in [2.05, 4.69) is 26.6 Å². The fourth-order valence-corrected chi connectivity index (χ4v) is 3.37. The van der Waals surface area contributed by atoms with Crippen LogP contribution in [0.25, 0.3) is 6.08 Å². The number of rotatable bonds is 6. The van der Waals surface area contributed by atoms with E-state index in [1.807, 2.05) is 0 Å². The van der Waals surface area contributed by atoms with Crippen molar-refractivity contribution in [3.05, 3.63) is 67.7 Å². The van der Waals surface area contributed by atoms with E-state index in [-0.39, 0.29) is 23.0 Å². The summed E-state index contributed by atoms with van der Waals surface area (Å²) in [6.45, 7) is 0.148. The quantitative estimate of drug-likeness (QED) is 0.209. The molecule has 0 saturated carbocycles. The standard InChI is InChI=1S/C19H14BrN3O6S/c1-28-15-8-11(6-13-17(24)21-19(30)22-18(13)25)7-14(20)16(15)29-9-10-2-4-12(5-3-10)23(26)27/h2-8H,9H2,1H3,(H2,21,22,24,25,30). The molecule has 0 atom stereocenters. The van der Waals surface area contributed by atoms with E-state index in [0.29, 0.717) is 21.5 Å². The normalized spacial score (nSPS) is 13.4. The highest BCUT2D eigenvalue weighted by Gasteiger charge is 2.26. The maximum Gasteiger partial charge on any atom is 0.269 e. The summed E-state index contributed by atoms with van der Waals surface area (Å²) in [5.74, 6) is -0.434. The van der Waals surface area contributed by atoms with Crippen molar-refractivity contribution in [1.29, 1.82) is 0 Å². The molecule has 1 saturated heterocycles. The lowest BCUT2D eigenvalue weighted by Crippen LogP contribution is -2.51. The van der Waals surface area contributed by atoms with Crippen LogP contribution >= 0.6 is 28.1 Å². The Kier molecular flexibility index (Phi) is 6.43. The summed E-state index contributed by atoms with van der Waals surface area (Å²) in [6.07, 6.45) is 1.40. The highest BCUT2D eigenvalue weighted by Crippen LogP contribution is 2.38. The summed E-state index contributed by atoms with van der Waals surface area (Å²) in [7, 11) is 1.45. The van der Waals surface area contributed by atoms with Gasteiger partial charge in [-0.1, -0.05) is 0 Å². The van der Waals surface area contributed by atoms with Crippen molar-refractivity contribution < 1.29 is 24.0 Å². The van der Waals surface area contributed by atoms with Crippen LogP contribution in [0.2, 0.25) is 0 Å². The minimum atomic E-state index is -0.600. The van der Waals surface area contributed by atoms with Crippen LogP contribution < -0.4 is 20.1 Å². The van der Waals surface area contributed by atoms with E-state index < -0.39 is 16.7 Å². The summed E-state index contributed by atoms with van der Waals surface area (Å²) in [5, 5.41) is 15.4. The molecule has 2 N–H and O–H groups in total. The third kappa shape index (κ3) is 4.81. The molecule has 11 heteroatoms. The predicted octanol–water partition coefficient (Wildman–Crippen LogP) is 2.86. The average molecular weight is 492 g/mol. The van der Waals surface area contributed by atoms with Gasteiger partial charge in [-0.15, -0.1) is 0 Å². The number of benzene rings is 2. The number of nitrogens with zero attached hydrogens (tertiary/aromatic N) is 1. The largest absolute Gasteiger partial charge is 0.493 e. The zero-order valence-electron chi connectivity index (χ0n) is 15.4. The van der Waals surface area contributed by atoms with Crippen LogP contribution in [-0.4, -0.2) is 29.0 Å². The molecule has 1 aliphatic heterocycles. The molecule has 1 aliphatic rings. The smallest absolute Gasteiger partial charge is 0.269 e. The van der Waals surface area contributed by atoms with E-state index in [1.165, 1.54) is 25.3 Å². The summed E-state index contributed by atoms with van der Waals surface area (Å²) < 4.78 is 11.7. The Labute approximate surface area is 184 Å². The van der Waals surface area contributed by atoms with Gasteiger partial charge >= 0.3 is 0 Å². The lowest BCUT2D eigenvalue weighted by atomic mass is 10.1. The molecule has 0 aliphatic carbocycles. The van der Waals surface area contributed by atoms with Gasteiger partial charge in [0.05, 0.1) is 16.5 Å². The molecule has 0 radical (unpaired) electrons. The Bertz CT molecular complexity index is 1060. The number of nitro groups is 1. The Balaban J connectivity index is 1.83. The number of hydrogen-bond donors (Lipinski definition) is 2. The molecule has 9 nitrogen and oxygen atoms in total. The number of methoxy groups -OCH3 is 1. The molecule has 2 aromatic rings. The first-order chi connectivity index (χ1) is 14.3. The Hall–Kier alpha value is -3.31. The van der Waals surface area contributed by atoms with Gasteiger partial charge in [0.2, 0.25) is 0 Å². The molecule has 0 spiro atoms. The van der Waals surface area contributed by atoms with Crippen molar-refractivity contribution >= 4 is 56.8 Å². The molecular formula is C19H14BrN3O6S. The fraction of sp³-hybridized carbons (Fsp3) is 0.105. The van der Waals surface area contributed by atoms with Crippen molar-refractivity contribution in [2.45, 2.75) is 6.61 Å². The van der Waals surface area contributed by atoms with Crippen molar-refractivity contribution in [1.82, 2.24) is 10.6 Å². The van der Waals surface area contributed by atoms with Gasteiger partial charge in [-0.2, -0.15) is 0 Å². The fourth-order valence-electron chi connectivity index (χ4n) is 2.61. The molecule has 1 fully saturated rings. The van der Waals surface area contributed by atoms with Gasteiger partial charge in [0.15, 0.2) is 16.6 Å². The van der Waals surface area contributed by atoms with E-state index >= 15 is 0 Å². The van der Waals surface area contributed by atoms with Crippen LogP contribution in [0.3, 0.4) is 0 Å². The van der Waals surface area contributed by atoms with Crippen molar-refractivity contribution in [3.8, 4) is 11.5 Å². The van der Waals surface area contributed by atoms with Gasteiger partial charge in [0, 0.05) is 12.1 Å². The monoisotopic (exact) mass is 491 g/mol. The number of nitro benzene ring substituents is 1. The van der Waals surface area contributed by atoms with Gasteiger partial charge in [-0.05, 0) is 69.6 Å². The van der Waals surface area contributed by atoms with Crippen molar-refractivity contribution in [3.63, 3.8) is 0 Å². The number of amides is 2. The van der Waals surface area contributed by atoms with Crippen LogP contribution in [0.15, 0.2) is 46.4 Å². The highest BCUT2D eigenvalue weighted by molar-refractivity contribution is 9.10. The number of halogens is 1. The van der Waals surface area contributed by atoms with Gasteiger partial charge in [0.25, 0.3) is 17.5 Å². The number of ether oxygens (including phenoxy) is 2. The van der Waals surface area contributed by atoms with E-state index in [4.69, 9.17) is 21.7 Å². The first-order valence-electron chi connectivity index (χ1n) is 8.40. The maximum absolute atomic E-state index is 12.0. The topological polar surface area (TPSA) is 120 Å². The van der Waals surface area contributed by atoms with Crippen LogP contribution in [0.4, 0.5) is 5.69 Å². The Morgan fingerprint density at radius 1 is 1.17 bits per heavy atom. The van der Waals surface area contributed by atoms with E-state index in [0.717, 1.165) is 5.56 Å². The molecule has 30 heavy (non-hydrogen) atoms. The van der Waals surface area contributed by atoms with Gasteiger partial charge in [-0.25, -0.2) is 0 Å². The molecule has 2 aromatic carbocycles. The predicted molar refractivity (Wildman–Crippen MR) is 115 cm³/mol. The van der Waals surface area contributed by atoms with Gasteiger partial charge in [-0.3, -0.25) is 30.3 Å². The van der Waals surface area contributed by atoms with E-state index in [1.54, 1.807) is 24.3 Å². The molecule has 3 rings (SSSR count). The van der Waals surface area contributed by atoms with Gasteiger partial charge < -0.3 is 9.47 Å². The second kappa shape index (κ2) is 9.01. The summed E-state index contributed by atoms with van der Waals surface area (Å²) in [4.78, 5) is 34.3. The third-order valence-electron chi connectivity index (χ3n) is 4.04. The minimum Gasteiger partial charge on any atom is -0.493 e. The first kappa shape index (κ1) is 21.4. The zero-order valence-corrected chi connectivity index (χ0v) is 17.8. The molecule has 154 valence electrons. The summed E-state index contributed by atoms with van der Waals surface area (Å²) >= 11 is 8.18. The molecule has 1 heterocycles. The number of thiocarbonyl (C=S) groups is 1. The molecular weight excluding hydrogens is 478 g/mol. The SMILES string of the molecule is COc1cc(C=C2C(=O)NC(=S)NC2=O)cc(Br)c1OCc1ccc([N+](=O)[O-])cc1.